The molecule has 144 valence electrons. The van der Waals surface area contributed by atoms with Crippen LogP contribution in [-0.2, 0) is 0 Å². The monoisotopic (exact) mass is 370 g/mol. The van der Waals surface area contributed by atoms with Gasteiger partial charge in [-0.15, -0.1) is 10.2 Å². The van der Waals surface area contributed by atoms with E-state index in [1.165, 1.54) is 0 Å². The average molecular weight is 370 g/mol. The Morgan fingerprint density at radius 3 is 2.52 bits per heavy atom. The van der Waals surface area contributed by atoms with Crippen LogP contribution in [0.2, 0.25) is 0 Å². The van der Waals surface area contributed by atoms with E-state index in [0.717, 1.165) is 48.3 Å². The highest BCUT2D eigenvalue weighted by Gasteiger charge is 2.22. The van der Waals surface area contributed by atoms with Crippen molar-refractivity contribution in [1.82, 2.24) is 15.1 Å². The summed E-state index contributed by atoms with van der Waals surface area (Å²) in [5, 5.41) is 14.6. The molecule has 8 nitrogen and oxygen atoms in total. The van der Waals surface area contributed by atoms with E-state index in [2.05, 4.69) is 25.7 Å². The standard InChI is InChI=1S/C19H26N6O2/c1-4-20-17-7-8-18(23-22-17)24-9-11-25(12-10-24)19(26)21-16-6-5-15(27-3)13-14(16)2/h5-8,13H,4,9-12H2,1-3H3,(H,20,22)(H,21,26). The number of rotatable bonds is 5. The number of hydrogen-bond donors (Lipinski definition) is 2. The predicted octanol–water partition coefficient (Wildman–Crippen LogP) is 2.58. The fraction of sp³-hybridized carbons (Fsp3) is 0.421. The number of amides is 2. The summed E-state index contributed by atoms with van der Waals surface area (Å²) in [6.07, 6.45) is 0. The first-order valence-corrected chi connectivity index (χ1v) is 9.14. The zero-order chi connectivity index (χ0) is 19.2. The van der Waals surface area contributed by atoms with Gasteiger partial charge in [0.1, 0.15) is 11.6 Å². The van der Waals surface area contributed by atoms with Crippen molar-refractivity contribution in [2.45, 2.75) is 13.8 Å². The molecule has 2 N–H and O–H groups in total. The zero-order valence-corrected chi connectivity index (χ0v) is 16.0. The molecule has 1 aliphatic rings. The lowest BCUT2D eigenvalue weighted by Gasteiger charge is -2.35. The van der Waals surface area contributed by atoms with Gasteiger partial charge in [-0.3, -0.25) is 0 Å². The van der Waals surface area contributed by atoms with Crippen molar-refractivity contribution in [2.75, 3.05) is 55.4 Å². The Morgan fingerprint density at radius 1 is 1.15 bits per heavy atom. The normalized spacial score (nSPS) is 14.0. The lowest BCUT2D eigenvalue weighted by atomic mass is 10.2. The topological polar surface area (TPSA) is 82.6 Å². The number of benzene rings is 1. The third-order valence-electron chi connectivity index (χ3n) is 4.57. The molecule has 0 bridgehead atoms. The highest BCUT2D eigenvalue weighted by atomic mass is 16.5. The van der Waals surface area contributed by atoms with Gasteiger partial charge in [0.05, 0.1) is 7.11 Å². The number of aryl methyl sites for hydroxylation is 1. The second kappa shape index (κ2) is 8.57. The van der Waals surface area contributed by atoms with E-state index < -0.39 is 0 Å². The zero-order valence-electron chi connectivity index (χ0n) is 16.0. The van der Waals surface area contributed by atoms with Crippen LogP contribution >= 0.6 is 0 Å². The molecule has 0 unspecified atom stereocenters. The maximum atomic E-state index is 12.6. The van der Waals surface area contributed by atoms with E-state index in [1.807, 2.05) is 49.1 Å². The van der Waals surface area contributed by atoms with Crippen molar-refractivity contribution in [3.8, 4) is 5.75 Å². The van der Waals surface area contributed by atoms with Crippen LogP contribution in [0.4, 0.5) is 22.1 Å². The summed E-state index contributed by atoms with van der Waals surface area (Å²) in [6.45, 7) is 7.51. The Bertz CT molecular complexity index is 772. The molecule has 8 heteroatoms. The molecule has 0 atom stereocenters. The van der Waals surface area contributed by atoms with Gasteiger partial charge in [0.2, 0.25) is 0 Å². The molecule has 1 fully saturated rings. The molecule has 0 spiro atoms. The van der Waals surface area contributed by atoms with Crippen LogP contribution in [0.5, 0.6) is 5.75 Å². The van der Waals surface area contributed by atoms with Crippen molar-refractivity contribution < 1.29 is 9.53 Å². The molecular weight excluding hydrogens is 344 g/mol. The van der Waals surface area contributed by atoms with E-state index in [0.29, 0.717) is 13.1 Å². The van der Waals surface area contributed by atoms with Gasteiger partial charge in [-0.2, -0.15) is 0 Å². The molecule has 0 saturated carbocycles. The summed E-state index contributed by atoms with van der Waals surface area (Å²) in [4.78, 5) is 16.5. The SMILES string of the molecule is CCNc1ccc(N2CCN(C(=O)Nc3ccc(OC)cc3C)CC2)nn1. The summed E-state index contributed by atoms with van der Waals surface area (Å²) < 4.78 is 5.20. The molecule has 1 aromatic heterocycles. The number of methoxy groups -OCH3 is 1. The molecular formula is C19H26N6O2. The van der Waals surface area contributed by atoms with Gasteiger partial charge in [-0.05, 0) is 49.7 Å². The van der Waals surface area contributed by atoms with E-state index in [4.69, 9.17) is 4.74 Å². The lowest BCUT2D eigenvalue weighted by Crippen LogP contribution is -2.50. The molecule has 2 amide bonds. The minimum absolute atomic E-state index is 0.0866. The first-order chi connectivity index (χ1) is 13.1. The number of piperazine rings is 1. The quantitative estimate of drug-likeness (QED) is 0.842. The largest absolute Gasteiger partial charge is 0.497 e. The third-order valence-corrected chi connectivity index (χ3v) is 4.57. The van der Waals surface area contributed by atoms with Gasteiger partial charge in [0, 0.05) is 38.4 Å². The van der Waals surface area contributed by atoms with Gasteiger partial charge < -0.3 is 25.2 Å². The summed E-state index contributed by atoms with van der Waals surface area (Å²) in [7, 11) is 1.63. The van der Waals surface area contributed by atoms with Crippen molar-refractivity contribution in [3.05, 3.63) is 35.9 Å². The first-order valence-electron chi connectivity index (χ1n) is 9.14. The van der Waals surface area contributed by atoms with E-state index in [-0.39, 0.29) is 6.03 Å². The second-order valence-corrected chi connectivity index (χ2v) is 6.39. The van der Waals surface area contributed by atoms with Crippen molar-refractivity contribution in [1.29, 1.82) is 0 Å². The van der Waals surface area contributed by atoms with Crippen LogP contribution in [0.15, 0.2) is 30.3 Å². The van der Waals surface area contributed by atoms with Crippen LogP contribution in [0.1, 0.15) is 12.5 Å². The van der Waals surface area contributed by atoms with Gasteiger partial charge in [0.25, 0.3) is 0 Å². The number of carbonyl (C=O) groups is 1. The number of anilines is 3. The Hall–Kier alpha value is -3.03. The lowest BCUT2D eigenvalue weighted by molar-refractivity contribution is 0.208. The number of nitrogens with zero attached hydrogens (tertiary/aromatic N) is 4. The van der Waals surface area contributed by atoms with Crippen LogP contribution in [-0.4, -0.2) is 61.0 Å². The van der Waals surface area contributed by atoms with Crippen LogP contribution in [0.3, 0.4) is 0 Å². The summed E-state index contributed by atoms with van der Waals surface area (Å²) >= 11 is 0. The maximum absolute atomic E-state index is 12.6. The fourth-order valence-corrected chi connectivity index (χ4v) is 3.01. The smallest absolute Gasteiger partial charge is 0.321 e. The van der Waals surface area contributed by atoms with Crippen LogP contribution in [0, 0.1) is 6.92 Å². The highest BCUT2D eigenvalue weighted by molar-refractivity contribution is 5.90. The fourth-order valence-electron chi connectivity index (χ4n) is 3.01. The van der Waals surface area contributed by atoms with Crippen LogP contribution in [0.25, 0.3) is 0 Å². The minimum Gasteiger partial charge on any atom is -0.497 e. The van der Waals surface area contributed by atoms with Gasteiger partial charge >= 0.3 is 6.03 Å². The highest BCUT2D eigenvalue weighted by Crippen LogP contribution is 2.22. The van der Waals surface area contributed by atoms with Crippen molar-refractivity contribution in [3.63, 3.8) is 0 Å². The van der Waals surface area contributed by atoms with Gasteiger partial charge in [0.15, 0.2) is 5.82 Å². The maximum Gasteiger partial charge on any atom is 0.321 e. The minimum atomic E-state index is -0.0866. The van der Waals surface area contributed by atoms with Crippen molar-refractivity contribution in [2.24, 2.45) is 0 Å². The number of carbonyl (C=O) groups excluding carboxylic acids is 1. The number of hydrogen-bond acceptors (Lipinski definition) is 6. The van der Waals surface area contributed by atoms with E-state index in [9.17, 15) is 4.79 Å². The molecule has 1 saturated heterocycles. The Kier molecular flexibility index (Phi) is 5.95. The summed E-state index contributed by atoms with van der Waals surface area (Å²) in [6, 6.07) is 9.42. The molecule has 2 aromatic rings. The molecule has 3 rings (SSSR count). The Balaban J connectivity index is 1.54. The number of urea groups is 1. The number of aromatic nitrogens is 2. The molecule has 1 aliphatic heterocycles. The molecule has 1 aromatic carbocycles. The van der Waals surface area contributed by atoms with Crippen LogP contribution < -0.4 is 20.3 Å². The van der Waals surface area contributed by atoms with E-state index >= 15 is 0 Å². The van der Waals surface area contributed by atoms with Gasteiger partial charge in [-0.25, -0.2) is 4.79 Å². The average Bonchev–Trinajstić information content (AvgIpc) is 2.70. The molecule has 27 heavy (non-hydrogen) atoms. The molecule has 0 radical (unpaired) electrons. The predicted molar refractivity (Wildman–Crippen MR) is 107 cm³/mol. The Labute approximate surface area is 159 Å². The van der Waals surface area contributed by atoms with Crippen molar-refractivity contribution >= 4 is 23.4 Å². The third kappa shape index (κ3) is 4.58. The number of nitrogens with one attached hydrogen (secondary N) is 2. The first kappa shape index (κ1) is 18.8. The second-order valence-electron chi connectivity index (χ2n) is 6.39. The Morgan fingerprint density at radius 2 is 1.93 bits per heavy atom. The number of ether oxygens (including phenoxy) is 1. The molecule has 2 heterocycles. The van der Waals surface area contributed by atoms with Gasteiger partial charge in [-0.1, -0.05) is 0 Å². The molecule has 0 aliphatic carbocycles. The summed E-state index contributed by atoms with van der Waals surface area (Å²) in [5.41, 5.74) is 1.77. The van der Waals surface area contributed by atoms with E-state index in [1.54, 1.807) is 7.11 Å². The summed E-state index contributed by atoms with van der Waals surface area (Å²) in [5.74, 6) is 2.39.